The topological polar surface area (TPSA) is 123 Å². The second-order valence-corrected chi connectivity index (χ2v) is 17.8. The van der Waals surface area contributed by atoms with Crippen LogP contribution in [0.2, 0.25) is 0 Å². The lowest BCUT2D eigenvalue weighted by molar-refractivity contribution is 0.0405. The second kappa shape index (κ2) is 17.4. The SMILES string of the molecule is Cc1sc2c(c1C)C(c1ccc(N3CCO[C@@H](CNCCOc4ccc([C@@H]5c6ccc(O)cc6CC[C@@H]5c5ccccc5)cc4)C3)cc1)=NC(Cc1ncco1)c1nnc(C)n1-2. The Labute approximate surface area is 366 Å². The molecule has 0 bridgehead atoms. The van der Waals surface area contributed by atoms with Crippen LogP contribution in [0.25, 0.3) is 5.00 Å². The van der Waals surface area contributed by atoms with Crippen LogP contribution < -0.4 is 15.0 Å². The summed E-state index contributed by atoms with van der Waals surface area (Å²) in [5.74, 6) is 4.02. The van der Waals surface area contributed by atoms with Crippen molar-refractivity contribution in [3.05, 3.63) is 171 Å². The van der Waals surface area contributed by atoms with Gasteiger partial charge in [-0.1, -0.05) is 60.7 Å². The summed E-state index contributed by atoms with van der Waals surface area (Å²) in [6.07, 6.45) is 5.81. The fourth-order valence-electron chi connectivity index (χ4n) is 9.50. The number of hydrogen-bond acceptors (Lipinski definition) is 11. The minimum atomic E-state index is -0.307. The largest absolute Gasteiger partial charge is 0.508 e. The van der Waals surface area contributed by atoms with Gasteiger partial charge in [0.25, 0.3) is 0 Å². The van der Waals surface area contributed by atoms with Gasteiger partial charge in [-0.25, -0.2) is 4.98 Å². The van der Waals surface area contributed by atoms with Gasteiger partial charge in [0.2, 0.25) is 0 Å². The fourth-order valence-corrected chi connectivity index (χ4v) is 10.7. The molecule has 1 saturated heterocycles. The first-order valence-electron chi connectivity index (χ1n) is 21.6. The lowest BCUT2D eigenvalue weighted by Crippen LogP contribution is -2.47. The Balaban J connectivity index is 0.765. The van der Waals surface area contributed by atoms with Gasteiger partial charge in [0, 0.05) is 53.8 Å². The van der Waals surface area contributed by atoms with Crippen LogP contribution in [0.3, 0.4) is 0 Å². The Bertz CT molecular complexity index is 2670. The van der Waals surface area contributed by atoms with Gasteiger partial charge in [-0.2, -0.15) is 0 Å². The van der Waals surface area contributed by atoms with Crippen molar-refractivity contribution in [2.45, 2.75) is 64.0 Å². The van der Waals surface area contributed by atoms with Crippen molar-refractivity contribution >= 4 is 22.7 Å². The summed E-state index contributed by atoms with van der Waals surface area (Å²) in [5.41, 5.74) is 10.7. The molecule has 4 aromatic carbocycles. The molecule has 10 rings (SSSR count). The molecule has 0 saturated carbocycles. The zero-order valence-electron chi connectivity index (χ0n) is 35.3. The van der Waals surface area contributed by atoms with Crippen molar-refractivity contribution < 1.29 is 19.0 Å². The van der Waals surface area contributed by atoms with E-state index in [-0.39, 0.29) is 18.1 Å². The molecule has 62 heavy (non-hydrogen) atoms. The number of hydrogen-bond donors (Lipinski definition) is 2. The number of rotatable bonds is 12. The smallest absolute Gasteiger partial charge is 0.196 e. The molecule has 2 aliphatic heterocycles. The number of aryl methyl sites for hydroxylation is 3. The highest BCUT2D eigenvalue weighted by Crippen LogP contribution is 2.47. The molecule has 3 aliphatic rings. The molecule has 11 nitrogen and oxygen atoms in total. The van der Waals surface area contributed by atoms with Gasteiger partial charge < -0.3 is 29.2 Å². The van der Waals surface area contributed by atoms with E-state index in [0.29, 0.717) is 43.7 Å². The van der Waals surface area contributed by atoms with Crippen molar-refractivity contribution in [2.24, 2.45) is 4.99 Å². The third-order valence-electron chi connectivity index (χ3n) is 12.7. The minimum absolute atomic E-state index is 0.0564. The number of benzene rings is 4. The number of phenolic OH excluding ortho intramolecular Hbond substituents is 1. The van der Waals surface area contributed by atoms with Gasteiger partial charge >= 0.3 is 0 Å². The van der Waals surface area contributed by atoms with Crippen molar-refractivity contribution in [1.29, 1.82) is 0 Å². The Kier molecular flexibility index (Phi) is 11.2. The summed E-state index contributed by atoms with van der Waals surface area (Å²) in [5, 5.41) is 24.0. The average Bonchev–Trinajstić information content (AvgIpc) is 4.01. The third-order valence-corrected chi connectivity index (χ3v) is 13.9. The van der Waals surface area contributed by atoms with Crippen molar-refractivity contribution in [1.82, 2.24) is 25.1 Å². The lowest BCUT2D eigenvalue weighted by atomic mass is 9.69. The number of aromatic hydroxyl groups is 1. The molecule has 7 aromatic rings. The molecule has 4 atom stereocenters. The monoisotopic (exact) mass is 845 g/mol. The Morgan fingerprint density at radius 3 is 2.58 bits per heavy atom. The van der Waals surface area contributed by atoms with Crippen LogP contribution >= 0.6 is 11.3 Å². The highest BCUT2D eigenvalue weighted by Gasteiger charge is 2.34. The van der Waals surface area contributed by atoms with Gasteiger partial charge in [-0.3, -0.25) is 9.56 Å². The predicted octanol–water partition coefficient (Wildman–Crippen LogP) is 8.82. The van der Waals surface area contributed by atoms with E-state index in [4.69, 9.17) is 18.9 Å². The lowest BCUT2D eigenvalue weighted by Gasteiger charge is -2.35. The number of thiophene rings is 1. The maximum absolute atomic E-state index is 10.2. The second-order valence-electron chi connectivity index (χ2n) is 16.6. The Hall–Kier alpha value is -6.08. The number of oxazole rings is 1. The summed E-state index contributed by atoms with van der Waals surface area (Å²) < 4.78 is 20.2. The van der Waals surface area contributed by atoms with Gasteiger partial charge in [-0.05, 0) is 104 Å². The highest BCUT2D eigenvalue weighted by molar-refractivity contribution is 7.15. The number of aliphatic imine (C=N–C) groups is 1. The molecular weight excluding hydrogens is 795 g/mol. The first kappa shape index (κ1) is 40.0. The zero-order chi connectivity index (χ0) is 42.2. The molecule has 1 aliphatic carbocycles. The quantitative estimate of drug-likeness (QED) is 0.116. The van der Waals surface area contributed by atoms with Crippen molar-refractivity contribution in [3.8, 4) is 16.5 Å². The first-order chi connectivity index (χ1) is 30.4. The molecule has 5 heterocycles. The molecule has 0 spiro atoms. The van der Waals surface area contributed by atoms with E-state index in [9.17, 15) is 5.11 Å². The molecule has 316 valence electrons. The van der Waals surface area contributed by atoms with Crippen LogP contribution in [0.5, 0.6) is 11.5 Å². The first-order valence-corrected chi connectivity index (χ1v) is 22.5. The van der Waals surface area contributed by atoms with E-state index >= 15 is 0 Å². The van der Waals surface area contributed by atoms with E-state index in [1.807, 2.05) is 19.1 Å². The van der Waals surface area contributed by atoms with Crippen LogP contribution in [0.4, 0.5) is 5.69 Å². The minimum Gasteiger partial charge on any atom is -0.508 e. The molecule has 0 radical (unpaired) electrons. The van der Waals surface area contributed by atoms with Gasteiger partial charge in [-0.15, -0.1) is 21.5 Å². The van der Waals surface area contributed by atoms with E-state index in [1.165, 1.54) is 32.7 Å². The molecule has 0 amide bonds. The van der Waals surface area contributed by atoms with Crippen molar-refractivity contribution in [3.63, 3.8) is 0 Å². The summed E-state index contributed by atoms with van der Waals surface area (Å²) in [6.45, 7) is 10.6. The standard InChI is InChI=1S/C50H51N7O4S/c1-31-32(2)62-50-46(31)48(53-44(28-45-52-22-25-61-45)49-55-54-33(3)57(49)50)36-9-14-38(15-10-36)56-23-26-60-41(30-56)29-51-21-24-59-40-17-11-35(12-18-40)47-42(34-7-5-4-6-8-34)19-13-37-27-39(58)16-20-43(37)47/h4-12,14-18,20,22,25,27,41-42,44,47,51,58H,13,19,21,23-24,26,28-30H2,1-3H3/t41-,42+,44?,47-/m0/s1. The Morgan fingerprint density at radius 1 is 0.935 bits per heavy atom. The van der Waals surface area contributed by atoms with E-state index in [1.54, 1.807) is 23.8 Å². The van der Waals surface area contributed by atoms with Crippen molar-refractivity contribution in [2.75, 3.05) is 44.3 Å². The number of nitrogens with one attached hydrogen (secondary N) is 1. The van der Waals surface area contributed by atoms with Crippen LogP contribution in [0.15, 0.2) is 119 Å². The van der Waals surface area contributed by atoms with Gasteiger partial charge in [0.15, 0.2) is 11.7 Å². The maximum atomic E-state index is 10.2. The average molecular weight is 846 g/mol. The predicted molar refractivity (Wildman–Crippen MR) is 243 cm³/mol. The number of anilines is 1. The number of morpholine rings is 1. The van der Waals surface area contributed by atoms with Crippen LogP contribution in [0.1, 0.15) is 85.7 Å². The molecule has 1 fully saturated rings. The molecule has 3 aromatic heterocycles. The maximum Gasteiger partial charge on any atom is 0.196 e. The van der Waals surface area contributed by atoms with E-state index < -0.39 is 0 Å². The Morgan fingerprint density at radius 2 is 1.77 bits per heavy atom. The number of phenols is 1. The number of ether oxygens (including phenoxy) is 2. The van der Waals surface area contributed by atoms with Crippen LogP contribution in [-0.2, 0) is 17.6 Å². The number of fused-ring (bicyclic) bond motifs is 4. The normalized spacial score (nSPS) is 19.6. The van der Waals surface area contributed by atoms with E-state index in [0.717, 1.165) is 77.4 Å². The highest BCUT2D eigenvalue weighted by atomic mass is 32.1. The summed E-state index contributed by atoms with van der Waals surface area (Å²) in [4.78, 5) is 13.5. The molecule has 12 heteroatoms. The summed E-state index contributed by atoms with van der Waals surface area (Å²) >= 11 is 1.76. The number of nitrogens with zero attached hydrogens (tertiary/aromatic N) is 6. The van der Waals surface area contributed by atoms with Gasteiger partial charge in [0.05, 0.1) is 31.0 Å². The third kappa shape index (κ3) is 7.94. The van der Waals surface area contributed by atoms with Gasteiger partial charge in [0.1, 0.15) is 41.2 Å². The number of aromatic nitrogens is 4. The summed E-state index contributed by atoms with van der Waals surface area (Å²) in [7, 11) is 0. The van der Waals surface area contributed by atoms with E-state index in [2.05, 4.69) is 129 Å². The molecule has 2 N–H and O–H groups in total. The van der Waals surface area contributed by atoms with Crippen LogP contribution in [0, 0.1) is 20.8 Å². The fraction of sp³-hybridized carbons (Fsp3) is 0.320. The van der Waals surface area contributed by atoms with Crippen LogP contribution in [-0.4, -0.2) is 76.1 Å². The molecule has 1 unspecified atom stereocenters. The zero-order valence-corrected chi connectivity index (χ0v) is 36.1. The molecular formula is C50H51N7O4S. The summed E-state index contributed by atoms with van der Waals surface area (Å²) in [6, 6.07) is 33.8.